The van der Waals surface area contributed by atoms with Gasteiger partial charge in [0, 0.05) is 12.6 Å². The minimum atomic E-state index is -0.371. The Labute approximate surface area is 111 Å². The summed E-state index contributed by atoms with van der Waals surface area (Å²) in [5.74, 6) is 1.17. The average Bonchev–Trinajstić information content (AvgIpc) is 2.73. The van der Waals surface area contributed by atoms with Crippen LogP contribution in [0.4, 0.5) is 0 Å². The van der Waals surface area contributed by atoms with Crippen LogP contribution in [0.5, 0.6) is 0 Å². The van der Waals surface area contributed by atoms with Crippen molar-refractivity contribution in [3.8, 4) is 0 Å². The Morgan fingerprint density at radius 1 is 1.58 bits per heavy atom. The van der Waals surface area contributed by atoms with Gasteiger partial charge in [-0.3, -0.25) is 0 Å². The molecule has 0 amide bonds. The van der Waals surface area contributed by atoms with Gasteiger partial charge in [0.15, 0.2) is 5.69 Å². The molecular formula is C14H17N3O2. The second kappa shape index (κ2) is 4.66. The van der Waals surface area contributed by atoms with E-state index in [0.717, 1.165) is 36.4 Å². The summed E-state index contributed by atoms with van der Waals surface area (Å²) >= 11 is 0. The quantitative estimate of drug-likeness (QED) is 0.841. The van der Waals surface area contributed by atoms with Crippen LogP contribution in [0.1, 0.15) is 21.9 Å². The summed E-state index contributed by atoms with van der Waals surface area (Å²) < 4.78 is 6.84. The van der Waals surface area contributed by atoms with Gasteiger partial charge in [-0.2, -0.15) is 0 Å². The van der Waals surface area contributed by atoms with Crippen molar-refractivity contribution in [2.24, 2.45) is 5.92 Å². The molecule has 0 saturated carbocycles. The van der Waals surface area contributed by atoms with Gasteiger partial charge in [0.2, 0.25) is 0 Å². The van der Waals surface area contributed by atoms with Crippen molar-refractivity contribution >= 4 is 11.5 Å². The molecule has 1 fully saturated rings. The fourth-order valence-corrected chi connectivity index (χ4v) is 2.50. The third-order valence-corrected chi connectivity index (χ3v) is 3.66. The summed E-state index contributed by atoms with van der Waals surface area (Å²) in [6.45, 7) is 4.03. The maximum Gasteiger partial charge on any atom is 0.358 e. The van der Waals surface area contributed by atoms with Crippen molar-refractivity contribution in [3.05, 3.63) is 35.4 Å². The van der Waals surface area contributed by atoms with E-state index in [2.05, 4.69) is 10.3 Å². The first-order chi connectivity index (χ1) is 9.20. The third-order valence-electron chi connectivity index (χ3n) is 3.66. The highest BCUT2D eigenvalue weighted by Gasteiger charge is 2.23. The standard InChI is InChI=1S/C14H17N3O2/c1-9-4-3-5-17-11(6-10-7-15-8-10)16-12(13(9)17)14(18)19-2/h3-5,10,15H,6-8H2,1-2H3. The molecule has 1 saturated heterocycles. The number of fused-ring (bicyclic) bond motifs is 1. The SMILES string of the molecule is COC(=O)c1nc(CC2CNC2)n2cccc(C)c12. The van der Waals surface area contributed by atoms with Crippen molar-refractivity contribution in [3.63, 3.8) is 0 Å². The molecule has 100 valence electrons. The summed E-state index contributed by atoms with van der Waals surface area (Å²) in [5, 5.41) is 3.25. The van der Waals surface area contributed by atoms with E-state index >= 15 is 0 Å². The first-order valence-electron chi connectivity index (χ1n) is 6.46. The molecule has 2 aromatic heterocycles. The number of nitrogens with one attached hydrogen (secondary N) is 1. The van der Waals surface area contributed by atoms with E-state index in [-0.39, 0.29) is 5.97 Å². The first kappa shape index (κ1) is 12.2. The largest absolute Gasteiger partial charge is 0.464 e. The van der Waals surface area contributed by atoms with Gasteiger partial charge in [0.05, 0.1) is 12.6 Å². The molecule has 0 atom stereocenters. The van der Waals surface area contributed by atoms with Crippen LogP contribution < -0.4 is 5.32 Å². The van der Waals surface area contributed by atoms with Crippen LogP contribution >= 0.6 is 0 Å². The first-order valence-corrected chi connectivity index (χ1v) is 6.46. The van der Waals surface area contributed by atoms with E-state index in [1.54, 1.807) is 0 Å². The van der Waals surface area contributed by atoms with Crippen LogP contribution in [0, 0.1) is 12.8 Å². The second-order valence-electron chi connectivity index (χ2n) is 5.01. The third kappa shape index (κ3) is 2.00. The maximum atomic E-state index is 11.9. The zero-order chi connectivity index (χ0) is 13.4. The highest BCUT2D eigenvalue weighted by Crippen LogP contribution is 2.21. The molecule has 0 radical (unpaired) electrons. The number of hydrogen-bond donors (Lipinski definition) is 1. The van der Waals surface area contributed by atoms with E-state index in [0.29, 0.717) is 11.6 Å². The van der Waals surface area contributed by atoms with Crippen LogP contribution in [0.25, 0.3) is 5.52 Å². The van der Waals surface area contributed by atoms with Crippen molar-refractivity contribution < 1.29 is 9.53 Å². The Morgan fingerprint density at radius 2 is 2.37 bits per heavy atom. The summed E-state index contributed by atoms with van der Waals surface area (Å²) in [6.07, 6.45) is 2.85. The van der Waals surface area contributed by atoms with E-state index in [1.807, 2.05) is 29.7 Å². The van der Waals surface area contributed by atoms with Crippen molar-refractivity contribution in [2.45, 2.75) is 13.3 Å². The minimum absolute atomic E-state index is 0.371. The summed E-state index contributed by atoms with van der Waals surface area (Å²) in [5.41, 5.74) is 2.31. The van der Waals surface area contributed by atoms with Crippen molar-refractivity contribution in [2.75, 3.05) is 20.2 Å². The summed E-state index contributed by atoms with van der Waals surface area (Å²) in [7, 11) is 1.39. The van der Waals surface area contributed by atoms with Gasteiger partial charge in [-0.25, -0.2) is 9.78 Å². The van der Waals surface area contributed by atoms with E-state index in [9.17, 15) is 4.79 Å². The van der Waals surface area contributed by atoms with Gasteiger partial charge in [-0.05, 0) is 37.6 Å². The maximum absolute atomic E-state index is 11.9. The number of methoxy groups -OCH3 is 1. The summed E-state index contributed by atoms with van der Waals surface area (Å²) in [4.78, 5) is 16.4. The molecule has 19 heavy (non-hydrogen) atoms. The number of pyridine rings is 1. The van der Waals surface area contributed by atoms with Gasteiger partial charge in [0.25, 0.3) is 0 Å². The Morgan fingerprint density at radius 3 is 3.00 bits per heavy atom. The van der Waals surface area contributed by atoms with Gasteiger partial charge >= 0.3 is 5.97 Å². The lowest BCUT2D eigenvalue weighted by Gasteiger charge is -2.26. The smallest absolute Gasteiger partial charge is 0.358 e. The fraction of sp³-hybridized carbons (Fsp3) is 0.429. The Kier molecular flexibility index (Phi) is 2.98. The van der Waals surface area contributed by atoms with Crippen LogP contribution in [0.2, 0.25) is 0 Å². The number of aryl methyl sites for hydroxylation is 1. The molecule has 5 nitrogen and oxygen atoms in total. The molecule has 3 rings (SSSR count). The number of imidazole rings is 1. The molecule has 0 spiro atoms. The second-order valence-corrected chi connectivity index (χ2v) is 5.01. The lowest BCUT2D eigenvalue weighted by Crippen LogP contribution is -2.43. The molecule has 0 aromatic carbocycles. The summed E-state index contributed by atoms with van der Waals surface area (Å²) in [6, 6.07) is 3.96. The predicted octanol–water partition coefficient (Wildman–Crippen LogP) is 1.19. The lowest BCUT2D eigenvalue weighted by atomic mass is 9.99. The average molecular weight is 259 g/mol. The molecule has 0 bridgehead atoms. The van der Waals surface area contributed by atoms with Crippen LogP contribution in [0.3, 0.4) is 0 Å². The van der Waals surface area contributed by atoms with Gasteiger partial charge in [-0.1, -0.05) is 6.07 Å². The molecule has 1 N–H and O–H groups in total. The Balaban J connectivity index is 2.11. The van der Waals surface area contributed by atoms with Crippen LogP contribution in [-0.2, 0) is 11.2 Å². The number of rotatable bonds is 3. The highest BCUT2D eigenvalue weighted by molar-refractivity contribution is 5.96. The zero-order valence-corrected chi connectivity index (χ0v) is 11.1. The minimum Gasteiger partial charge on any atom is -0.464 e. The normalized spacial score (nSPS) is 15.5. The van der Waals surface area contributed by atoms with Crippen LogP contribution in [0.15, 0.2) is 18.3 Å². The van der Waals surface area contributed by atoms with Gasteiger partial charge < -0.3 is 14.5 Å². The Bertz CT molecular complexity index is 629. The lowest BCUT2D eigenvalue weighted by molar-refractivity contribution is 0.0596. The molecule has 2 aromatic rings. The van der Waals surface area contributed by atoms with Crippen molar-refractivity contribution in [1.82, 2.24) is 14.7 Å². The molecule has 3 heterocycles. The highest BCUT2D eigenvalue weighted by atomic mass is 16.5. The predicted molar refractivity (Wildman–Crippen MR) is 71.3 cm³/mol. The molecule has 1 aliphatic heterocycles. The van der Waals surface area contributed by atoms with E-state index in [4.69, 9.17) is 4.74 Å². The van der Waals surface area contributed by atoms with Crippen molar-refractivity contribution in [1.29, 1.82) is 0 Å². The number of aromatic nitrogens is 2. The van der Waals surface area contributed by atoms with Crippen LogP contribution in [-0.4, -0.2) is 35.6 Å². The number of nitrogens with zero attached hydrogens (tertiary/aromatic N) is 2. The van der Waals surface area contributed by atoms with Gasteiger partial charge in [0.1, 0.15) is 5.82 Å². The number of hydrogen-bond acceptors (Lipinski definition) is 4. The monoisotopic (exact) mass is 259 g/mol. The molecule has 5 heteroatoms. The topological polar surface area (TPSA) is 55.6 Å². The zero-order valence-electron chi connectivity index (χ0n) is 11.1. The number of carbonyl (C=O) groups is 1. The molecule has 1 aliphatic rings. The molecular weight excluding hydrogens is 242 g/mol. The van der Waals surface area contributed by atoms with Gasteiger partial charge in [-0.15, -0.1) is 0 Å². The fourth-order valence-electron chi connectivity index (χ4n) is 2.50. The molecule has 0 aliphatic carbocycles. The number of carbonyl (C=O) groups excluding carboxylic acids is 1. The number of ether oxygens (including phenoxy) is 1. The molecule has 0 unspecified atom stereocenters. The van der Waals surface area contributed by atoms with E-state index < -0.39 is 0 Å². The Hall–Kier alpha value is -1.88. The number of esters is 1. The van der Waals surface area contributed by atoms with E-state index in [1.165, 1.54) is 7.11 Å².